The average Bonchev–Trinajstić information content (AvgIpc) is 3.22. The van der Waals surface area contributed by atoms with E-state index in [0.29, 0.717) is 28.8 Å². The molecule has 1 aromatic rings. The van der Waals surface area contributed by atoms with Crippen LogP contribution >= 0.6 is 23.2 Å². The Morgan fingerprint density at radius 1 is 1.35 bits per heavy atom. The van der Waals surface area contributed by atoms with Crippen molar-refractivity contribution in [2.24, 2.45) is 5.92 Å². The Bertz CT molecular complexity index is 530. The van der Waals surface area contributed by atoms with Crippen LogP contribution in [0.1, 0.15) is 19.8 Å². The van der Waals surface area contributed by atoms with E-state index >= 15 is 0 Å². The SMILES string of the molecule is CC(=O)N(CCNC(=O)C1CC1)c1cccc(Cl)c1Cl. The van der Waals surface area contributed by atoms with Gasteiger partial charge in [-0.1, -0.05) is 29.3 Å². The highest BCUT2D eigenvalue weighted by atomic mass is 35.5. The van der Waals surface area contributed by atoms with Gasteiger partial charge in [0.05, 0.1) is 15.7 Å². The van der Waals surface area contributed by atoms with Gasteiger partial charge in [-0.05, 0) is 25.0 Å². The maximum absolute atomic E-state index is 11.7. The molecule has 2 amide bonds. The molecule has 1 aliphatic rings. The molecule has 1 aliphatic carbocycles. The first-order valence-corrected chi connectivity index (χ1v) is 7.26. The maximum atomic E-state index is 11.7. The molecule has 0 aromatic heterocycles. The van der Waals surface area contributed by atoms with Gasteiger partial charge in [-0.2, -0.15) is 0 Å². The summed E-state index contributed by atoms with van der Waals surface area (Å²) in [6, 6.07) is 5.14. The predicted octanol–water partition coefficient (Wildman–Crippen LogP) is 2.87. The highest BCUT2D eigenvalue weighted by molar-refractivity contribution is 6.44. The molecule has 6 heteroatoms. The number of rotatable bonds is 5. The van der Waals surface area contributed by atoms with Crippen LogP contribution in [0.15, 0.2) is 18.2 Å². The van der Waals surface area contributed by atoms with Crippen molar-refractivity contribution >= 4 is 40.7 Å². The summed E-state index contributed by atoms with van der Waals surface area (Å²) in [5, 5.41) is 3.57. The van der Waals surface area contributed by atoms with Gasteiger partial charge in [0.25, 0.3) is 0 Å². The van der Waals surface area contributed by atoms with Gasteiger partial charge in [-0.3, -0.25) is 9.59 Å². The fourth-order valence-corrected chi connectivity index (χ4v) is 2.33. The molecule has 0 saturated heterocycles. The van der Waals surface area contributed by atoms with Gasteiger partial charge < -0.3 is 10.2 Å². The third-order valence-corrected chi connectivity index (χ3v) is 3.99. The van der Waals surface area contributed by atoms with Crippen molar-refractivity contribution in [2.45, 2.75) is 19.8 Å². The molecule has 0 bridgehead atoms. The lowest BCUT2D eigenvalue weighted by Crippen LogP contribution is -2.38. The molecule has 20 heavy (non-hydrogen) atoms. The molecule has 108 valence electrons. The van der Waals surface area contributed by atoms with E-state index in [1.54, 1.807) is 18.2 Å². The van der Waals surface area contributed by atoms with E-state index in [4.69, 9.17) is 23.2 Å². The molecule has 0 unspecified atom stereocenters. The lowest BCUT2D eigenvalue weighted by molar-refractivity contribution is -0.122. The van der Waals surface area contributed by atoms with Crippen molar-refractivity contribution in [1.82, 2.24) is 5.32 Å². The normalized spacial score (nSPS) is 13.9. The van der Waals surface area contributed by atoms with Crippen LogP contribution < -0.4 is 10.2 Å². The van der Waals surface area contributed by atoms with Crippen LogP contribution in [0.4, 0.5) is 5.69 Å². The van der Waals surface area contributed by atoms with Crippen molar-refractivity contribution in [3.05, 3.63) is 28.2 Å². The van der Waals surface area contributed by atoms with Crippen molar-refractivity contribution in [3.8, 4) is 0 Å². The first-order valence-electron chi connectivity index (χ1n) is 6.50. The second kappa shape index (κ2) is 6.46. The molecule has 2 rings (SSSR count). The Hall–Kier alpha value is -1.26. The summed E-state index contributed by atoms with van der Waals surface area (Å²) in [4.78, 5) is 24.8. The number of hydrogen-bond acceptors (Lipinski definition) is 2. The molecule has 0 spiro atoms. The minimum Gasteiger partial charge on any atom is -0.354 e. The summed E-state index contributed by atoms with van der Waals surface area (Å²) in [5.41, 5.74) is 0.562. The Morgan fingerprint density at radius 3 is 2.65 bits per heavy atom. The maximum Gasteiger partial charge on any atom is 0.223 e. The number of halogens is 2. The highest BCUT2D eigenvalue weighted by Crippen LogP contribution is 2.32. The number of hydrogen-bond donors (Lipinski definition) is 1. The zero-order chi connectivity index (χ0) is 14.7. The first-order chi connectivity index (χ1) is 9.50. The van der Waals surface area contributed by atoms with Crippen LogP contribution in [0, 0.1) is 5.92 Å². The molecule has 0 radical (unpaired) electrons. The van der Waals surface area contributed by atoms with E-state index in [1.807, 2.05) is 0 Å². The lowest BCUT2D eigenvalue weighted by Gasteiger charge is -2.23. The van der Waals surface area contributed by atoms with Gasteiger partial charge in [0.2, 0.25) is 11.8 Å². The number of carbonyl (C=O) groups is 2. The van der Waals surface area contributed by atoms with Crippen molar-refractivity contribution in [1.29, 1.82) is 0 Å². The van der Waals surface area contributed by atoms with E-state index in [0.717, 1.165) is 12.8 Å². The fourth-order valence-electron chi connectivity index (χ4n) is 1.93. The van der Waals surface area contributed by atoms with Crippen LogP contribution in [-0.2, 0) is 9.59 Å². The number of amides is 2. The quantitative estimate of drug-likeness (QED) is 0.908. The van der Waals surface area contributed by atoms with Gasteiger partial charge in [0, 0.05) is 25.9 Å². The summed E-state index contributed by atoms with van der Waals surface area (Å²) in [7, 11) is 0. The Balaban J connectivity index is 2.01. The number of anilines is 1. The zero-order valence-corrected chi connectivity index (χ0v) is 12.7. The van der Waals surface area contributed by atoms with Crippen LogP contribution in [0.2, 0.25) is 10.0 Å². The fraction of sp³-hybridized carbons (Fsp3) is 0.429. The van der Waals surface area contributed by atoms with E-state index in [9.17, 15) is 9.59 Å². The number of nitrogens with one attached hydrogen (secondary N) is 1. The van der Waals surface area contributed by atoms with Crippen molar-refractivity contribution < 1.29 is 9.59 Å². The van der Waals surface area contributed by atoms with Crippen LogP contribution in [0.5, 0.6) is 0 Å². The van der Waals surface area contributed by atoms with E-state index < -0.39 is 0 Å². The summed E-state index contributed by atoms with van der Waals surface area (Å²) < 4.78 is 0. The molecule has 1 fully saturated rings. The average molecular weight is 315 g/mol. The largest absolute Gasteiger partial charge is 0.354 e. The van der Waals surface area contributed by atoms with Gasteiger partial charge in [-0.25, -0.2) is 0 Å². The number of benzene rings is 1. The number of carbonyl (C=O) groups excluding carboxylic acids is 2. The standard InChI is InChI=1S/C14H16Cl2N2O2/c1-9(19)18(8-7-17-14(20)10-5-6-10)12-4-2-3-11(15)13(12)16/h2-4,10H,5-8H2,1H3,(H,17,20). The van der Waals surface area contributed by atoms with Crippen LogP contribution in [0.25, 0.3) is 0 Å². The van der Waals surface area contributed by atoms with Crippen LogP contribution in [-0.4, -0.2) is 24.9 Å². The van der Waals surface area contributed by atoms with Crippen molar-refractivity contribution in [3.63, 3.8) is 0 Å². The minimum absolute atomic E-state index is 0.0608. The lowest BCUT2D eigenvalue weighted by atomic mass is 10.2. The minimum atomic E-state index is -0.144. The predicted molar refractivity (Wildman–Crippen MR) is 80.2 cm³/mol. The van der Waals surface area contributed by atoms with Crippen molar-refractivity contribution in [2.75, 3.05) is 18.0 Å². The molecule has 0 aliphatic heterocycles. The molecule has 1 aromatic carbocycles. The molecule has 1 N–H and O–H groups in total. The van der Waals surface area contributed by atoms with Gasteiger partial charge in [0.15, 0.2) is 0 Å². The summed E-state index contributed by atoms with van der Waals surface area (Å²) in [6.07, 6.45) is 1.92. The molecule has 4 nitrogen and oxygen atoms in total. The monoisotopic (exact) mass is 314 g/mol. The summed E-state index contributed by atoms with van der Waals surface area (Å²) in [5.74, 6) is 0.0797. The van der Waals surface area contributed by atoms with E-state index in [2.05, 4.69) is 5.32 Å². The smallest absolute Gasteiger partial charge is 0.223 e. The molecule has 0 heterocycles. The second-order valence-electron chi connectivity index (χ2n) is 4.81. The second-order valence-corrected chi connectivity index (χ2v) is 5.59. The van der Waals surface area contributed by atoms with Gasteiger partial charge >= 0.3 is 0 Å². The topological polar surface area (TPSA) is 49.4 Å². The Morgan fingerprint density at radius 2 is 2.05 bits per heavy atom. The summed E-state index contributed by atoms with van der Waals surface area (Å²) in [6.45, 7) is 2.23. The third kappa shape index (κ3) is 3.64. The third-order valence-electron chi connectivity index (χ3n) is 3.18. The first kappa shape index (κ1) is 15.1. The van der Waals surface area contributed by atoms with Gasteiger partial charge in [-0.15, -0.1) is 0 Å². The van der Waals surface area contributed by atoms with E-state index in [1.165, 1.54) is 11.8 Å². The molecule has 0 atom stereocenters. The van der Waals surface area contributed by atoms with Gasteiger partial charge in [0.1, 0.15) is 0 Å². The molecular formula is C14H16Cl2N2O2. The summed E-state index contributed by atoms with van der Waals surface area (Å²) >= 11 is 12.1. The number of nitrogens with zero attached hydrogens (tertiary/aromatic N) is 1. The zero-order valence-electron chi connectivity index (χ0n) is 11.2. The Labute approximate surface area is 128 Å². The van der Waals surface area contributed by atoms with Crippen LogP contribution in [0.3, 0.4) is 0 Å². The highest BCUT2D eigenvalue weighted by Gasteiger charge is 2.29. The van der Waals surface area contributed by atoms with E-state index in [-0.39, 0.29) is 17.7 Å². The molecule has 1 saturated carbocycles. The Kier molecular flexibility index (Phi) is 4.89. The molecular weight excluding hydrogens is 299 g/mol.